The van der Waals surface area contributed by atoms with E-state index < -0.39 is 5.60 Å². The first-order chi connectivity index (χ1) is 17.4. The van der Waals surface area contributed by atoms with Crippen molar-refractivity contribution in [3.63, 3.8) is 0 Å². The Morgan fingerprint density at radius 2 is 1.92 bits per heavy atom. The lowest BCUT2D eigenvalue weighted by molar-refractivity contribution is 0.0139. The van der Waals surface area contributed by atoms with Gasteiger partial charge < -0.3 is 29.8 Å². The number of anilines is 1. The van der Waals surface area contributed by atoms with Gasteiger partial charge in [-0.25, -0.2) is 0 Å². The van der Waals surface area contributed by atoms with E-state index in [9.17, 15) is 9.90 Å². The van der Waals surface area contributed by atoms with Crippen LogP contribution in [0.5, 0.6) is 5.75 Å². The molecule has 1 aromatic heterocycles. The fourth-order valence-corrected chi connectivity index (χ4v) is 5.18. The quantitative estimate of drug-likeness (QED) is 0.428. The molecule has 0 bridgehead atoms. The van der Waals surface area contributed by atoms with Crippen LogP contribution in [0.25, 0.3) is 10.9 Å². The van der Waals surface area contributed by atoms with Crippen molar-refractivity contribution in [2.75, 3.05) is 25.1 Å². The first kappa shape index (κ1) is 24.8. The molecule has 2 heterocycles. The molecule has 0 spiro atoms. The minimum absolute atomic E-state index is 0.143. The number of carbonyl (C=O) groups excluding carboxylic acids is 1. The number of hydrogen-bond donors (Lipinski definition) is 3. The third-order valence-corrected chi connectivity index (χ3v) is 7.66. The first-order valence-corrected chi connectivity index (χ1v) is 13.0. The summed E-state index contributed by atoms with van der Waals surface area (Å²) in [6.45, 7) is 4.92. The van der Waals surface area contributed by atoms with Crippen molar-refractivity contribution in [3.05, 3.63) is 59.8 Å². The fraction of sp³-hybridized carbons (Fsp3) is 0.483. The molecule has 1 atom stereocenters. The van der Waals surface area contributed by atoms with Crippen LogP contribution in [0.4, 0.5) is 5.69 Å². The van der Waals surface area contributed by atoms with E-state index in [1.807, 2.05) is 31.2 Å². The molecule has 1 saturated carbocycles. The van der Waals surface area contributed by atoms with E-state index in [0.717, 1.165) is 74.2 Å². The zero-order valence-electron chi connectivity index (χ0n) is 21.3. The Hall–Kier alpha value is -2.87. The second kappa shape index (κ2) is 10.6. The first-order valence-electron chi connectivity index (χ1n) is 13.0. The lowest BCUT2D eigenvalue weighted by atomic mass is 9.84. The van der Waals surface area contributed by atoms with Crippen LogP contribution in [0.15, 0.2) is 48.5 Å². The van der Waals surface area contributed by atoms with Crippen molar-refractivity contribution >= 4 is 22.5 Å². The van der Waals surface area contributed by atoms with Gasteiger partial charge in [-0.1, -0.05) is 0 Å². The molecule has 7 heteroatoms. The van der Waals surface area contributed by atoms with Crippen molar-refractivity contribution in [1.82, 2.24) is 9.88 Å². The Bertz CT molecular complexity index is 1190. The molecule has 1 aliphatic heterocycles. The summed E-state index contributed by atoms with van der Waals surface area (Å²) in [7, 11) is 2.08. The summed E-state index contributed by atoms with van der Waals surface area (Å²) in [5.74, 6) is 1.07. The second-order valence-corrected chi connectivity index (χ2v) is 10.6. The van der Waals surface area contributed by atoms with Crippen LogP contribution in [0.1, 0.15) is 55.1 Å². The van der Waals surface area contributed by atoms with E-state index >= 15 is 0 Å². The van der Waals surface area contributed by atoms with Crippen LogP contribution in [0, 0.1) is 5.92 Å². The lowest BCUT2D eigenvalue weighted by Gasteiger charge is -2.33. The summed E-state index contributed by atoms with van der Waals surface area (Å²) in [6.07, 6.45) is 4.71. The van der Waals surface area contributed by atoms with Gasteiger partial charge in [0.05, 0.1) is 18.8 Å². The standard InChI is InChI=1S/C29H37N3O4/c1-29(34)12-9-23(10-13-29)30-17-25-16-22-15-24(5-8-27(22)32(25)2)31-28(33)21-3-6-26(7-4-21)36-19-20-11-14-35-18-20/h3-8,15-16,20,23,30,34H,9-14,17-19H2,1-2H3,(H,31,33)/t20?,23-,29+. The van der Waals surface area contributed by atoms with Crippen molar-refractivity contribution < 1.29 is 19.4 Å². The highest BCUT2D eigenvalue weighted by Crippen LogP contribution is 2.28. The van der Waals surface area contributed by atoms with E-state index in [0.29, 0.717) is 24.1 Å². The molecule has 0 radical (unpaired) electrons. The molecule has 5 rings (SSSR count). The number of hydrogen-bond acceptors (Lipinski definition) is 5. The van der Waals surface area contributed by atoms with Crippen LogP contribution in [-0.4, -0.2) is 47.0 Å². The SMILES string of the molecule is Cn1c(CN[C@H]2CC[C@@](C)(O)CC2)cc2cc(NC(=O)c3ccc(OCC4CCOC4)cc3)ccc21. The highest BCUT2D eigenvalue weighted by Gasteiger charge is 2.28. The smallest absolute Gasteiger partial charge is 0.255 e. The van der Waals surface area contributed by atoms with E-state index in [1.54, 1.807) is 12.1 Å². The molecule has 1 unspecified atom stereocenters. The molecule has 36 heavy (non-hydrogen) atoms. The van der Waals surface area contributed by atoms with Crippen LogP contribution in [-0.2, 0) is 18.3 Å². The predicted octanol–water partition coefficient (Wildman–Crippen LogP) is 4.63. The highest BCUT2D eigenvalue weighted by molar-refractivity contribution is 6.05. The normalized spacial score (nSPS) is 24.2. The number of rotatable bonds is 8. The maximum absolute atomic E-state index is 12.8. The molecule has 3 N–H and O–H groups in total. The molecule has 2 aliphatic rings. The van der Waals surface area contributed by atoms with Crippen molar-refractivity contribution in [1.29, 1.82) is 0 Å². The Kier molecular flexibility index (Phi) is 7.32. The third kappa shape index (κ3) is 5.91. The predicted molar refractivity (Wildman–Crippen MR) is 141 cm³/mol. The van der Waals surface area contributed by atoms with E-state index in [1.165, 1.54) is 5.69 Å². The molecule has 1 aliphatic carbocycles. The Labute approximate surface area is 212 Å². The Morgan fingerprint density at radius 3 is 2.64 bits per heavy atom. The number of amides is 1. The molecule has 1 saturated heterocycles. The van der Waals surface area contributed by atoms with Crippen LogP contribution >= 0.6 is 0 Å². The van der Waals surface area contributed by atoms with Crippen LogP contribution < -0.4 is 15.4 Å². The van der Waals surface area contributed by atoms with Gasteiger partial charge in [0.25, 0.3) is 5.91 Å². The van der Waals surface area contributed by atoms with Gasteiger partial charge in [0.15, 0.2) is 0 Å². The van der Waals surface area contributed by atoms with Gasteiger partial charge in [-0.15, -0.1) is 0 Å². The average molecular weight is 492 g/mol. The number of nitrogens with one attached hydrogen (secondary N) is 2. The molecule has 2 aromatic carbocycles. The molecule has 2 fully saturated rings. The lowest BCUT2D eigenvalue weighted by Crippen LogP contribution is -2.39. The number of aryl methyl sites for hydroxylation is 1. The molecule has 1 amide bonds. The van der Waals surface area contributed by atoms with E-state index in [2.05, 4.69) is 34.4 Å². The van der Waals surface area contributed by atoms with Gasteiger partial charge in [0.1, 0.15) is 5.75 Å². The maximum atomic E-state index is 12.8. The van der Waals surface area contributed by atoms with Gasteiger partial charge in [-0.05, 0) is 87.6 Å². The number of aliphatic hydroxyl groups is 1. The second-order valence-electron chi connectivity index (χ2n) is 10.6. The number of aromatic nitrogens is 1. The average Bonchev–Trinajstić information content (AvgIpc) is 3.50. The highest BCUT2D eigenvalue weighted by atomic mass is 16.5. The van der Waals surface area contributed by atoms with Gasteiger partial charge in [0.2, 0.25) is 0 Å². The minimum atomic E-state index is -0.515. The number of fused-ring (bicyclic) bond motifs is 1. The summed E-state index contributed by atoms with van der Waals surface area (Å²) in [6, 6.07) is 15.9. The summed E-state index contributed by atoms with van der Waals surface area (Å²) in [4.78, 5) is 12.8. The van der Waals surface area contributed by atoms with Gasteiger partial charge in [0, 0.05) is 60.0 Å². The van der Waals surface area contributed by atoms with Gasteiger partial charge >= 0.3 is 0 Å². The Balaban J connectivity index is 1.17. The summed E-state index contributed by atoms with van der Waals surface area (Å²) < 4.78 is 13.4. The molecular formula is C29H37N3O4. The third-order valence-electron chi connectivity index (χ3n) is 7.66. The van der Waals surface area contributed by atoms with Crippen molar-refractivity contribution in [2.45, 2.75) is 57.2 Å². The zero-order chi connectivity index (χ0) is 25.1. The summed E-state index contributed by atoms with van der Waals surface area (Å²) in [5.41, 5.74) is 3.18. The van der Waals surface area contributed by atoms with E-state index in [4.69, 9.17) is 9.47 Å². The largest absolute Gasteiger partial charge is 0.493 e. The Morgan fingerprint density at radius 1 is 1.14 bits per heavy atom. The minimum Gasteiger partial charge on any atom is -0.493 e. The molecule has 192 valence electrons. The van der Waals surface area contributed by atoms with Crippen LogP contribution in [0.3, 0.4) is 0 Å². The number of carbonyl (C=O) groups is 1. The molecule has 3 aromatic rings. The number of nitrogens with zero attached hydrogens (tertiary/aromatic N) is 1. The molecule has 7 nitrogen and oxygen atoms in total. The summed E-state index contributed by atoms with van der Waals surface area (Å²) in [5, 5.41) is 18.0. The monoisotopic (exact) mass is 491 g/mol. The number of ether oxygens (including phenoxy) is 2. The van der Waals surface area contributed by atoms with Gasteiger partial charge in [-0.2, -0.15) is 0 Å². The van der Waals surface area contributed by atoms with Crippen molar-refractivity contribution in [2.24, 2.45) is 13.0 Å². The van der Waals surface area contributed by atoms with Crippen LogP contribution in [0.2, 0.25) is 0 Å². The number of benzene rings is 2. The summed E-state index contributed by atoms with van der Waals surface area (Å²) >= 11 is 0. The van der Waals surface area contributed by atoms with E-state index in [-0.39, 0.29) is 5.91 Å². The van der Waals surface area contributed by atoms with Crippen molar-refractivity contribution in [3.8, 4) is 5.75 Å². The van der Waals surface area contributed by atoms with Gasteiger partial charge in [-0.3, -0.25) is 4.79 Å². The fourth-order valence-electron chi connectivity index (χ4n) is 5.18. The molecular weight excluding hydrogens is 454 g/mol. The maximum Gasteiger partial charge on any atom is 0.255 e. The zero-order valence-corrected chi connectivity index (χ0v) is 21.3. The topological polar surface area (TPSA) is 84.8 Å².